The third-order valence-electron chi connectivity index (χ3n) is 4.25. The number of aliphatic imine (C=N–C) groups is 1. The van der Waals surface area contributed by atoms with Gasteiger partial charge in [-0.1, -0.05) is 31.2 Å². The molecule has 0 amide bonds. The first kappa shape index (κ1) is 25.0. The minimum Gasteiger partial charge on any atom is -0.493 e. The zero-order valence-electron chi connectivity index (χ0n) is 16.8. The molecular formula is C20H28IN3O4S. The Morgan fingerprint density at radius 3 is 2.34 bits per heavy atom. The Morgan fingerprint density at radius 1 is 1.10 bits per heavy atom. The summed E-state index contributed by atoms with van der Waals surface area (Å²) in [7, 11) is -0.260. The van der Waals surface area contributed by atoms with E-state index in [9.17, 15) is 8.42 Å². The Kier molecular flexibility index (Phi) is 10.2. The highest BCUT2D eigenvalue weighted by molar-refractivity contribution is 14.0. The largest absolute Gasteiger partial charge is 0.493 e. The molecule has 0 fully saturated rings. The molecule has 1 atom stereocenters. The number of nitrogens with one attached hydrogen (secondary N) is 1. The summed E-state index contributed by atoms with van der Waals surface area (Å²) < 4.78 is 35.6. The Bertz CT molecular complexity index is 905. The van der Waals surface area contributed by atoms with E-state index in [2.05, 4.69) is 10.3 Å². The molecule has 2 rings (SSSR count). The molecule has 0 bridgehead atoms. The van der Waals surface area contributed by atoms with Crippen molar-refractivity contribution in [2.45, 2.75) is 30.8 Å². The molecule has 0 heterocycles. The number of methoxy groups -OCH3 is 2. The van der Waals surface area contributed by atoms with Crippen molar-refractivity contribution in [3.05, 3.63) is 54.1 Å². The number of ether oxygens (including phenoxy) is 2. The standard InChI is InChI=1S/C20H27N3O4S.HI/c1-4-16(14-28(24,25)17-8-6-5-7-9-17)23-20(21)22-13-15-10-11-18(26-2)19(12-15)27-3;/h5-12,16H,4,13-14H2,1-3H3,(H3,21,22,23);1H. The lowest BCUT2D eigenvalue weighted by atomic mass is 10.2. The van der Waals surface area contributed by atoms with Gasteiger partial charge in [0.15, 0.2) is 27.3 Å². The predicted molar refractivity (Wildman–Crippen MR) is 126 cm³/mol. The predicted octanol–water partition coefficient (Wildman–Crippen LogP) is 2.98. The second kappa shape index (κ2) is 11.9. The normalized spacial score (nSPS) is 12.6. The smallest absolute Gasteiger partial charge is 0.189 e. The number of nitrogens with two attached hydrogens (primary N) is 1. The van der Waals surface area contributed by atoms with Gasteiger partial charge in [-0.2, -0.15) is 0 Å². The molecule has 0 spiro atoms. The van der Waals surface area contributed by atoms with E-state index in [4.69, 9.17) is 15.2 Å². The average Bonchev–Trinajstić information content (AvgIpc) is 2.71. The third kappa shape index (κ3) is 7.39. The van der Waals surface area contributed by atoms with Crippen molar-refractivity contribution in [3.63, 3.8) is 0 Å². The van der Waals surface area contributed by atoms with Gasteiger partial charge in [-0.05, 0) is 36.2 Å². The van der Waals surface area contributed by atoms with Crippen molar-refractivity contribution < 1.29 is 17.9 Å². The van der Waals surface area contributed by atoms with E-state index in [0.29, 0.717) is 29.4 Å². The van der Waals surface area contributed by atoms with Crippen LogP contribution in [0.5, 0.6) is 11.5 Å². The molecule has 0 saturated carbocycles. The Labute approximate surface area is 189 Å². The maximum Gasteiger partial charge on any atom is 0.189 e. The van der Waals surface area contributed by atoms with E-state index in [-0.39, 0.29) is 41.7 Å². The molecule has 1 unspecified atom stereocenters. The van der Waals surface area contributed by atoms with Crippen LogP contribution in [-0.4, -0.2) is 40.4 Å². The molecule has 2 aromatic carbocycles. The van der Waals surface area contributed by atoms with Crippen LogP contribution in [-0.2, 0) is 16.4 Å². The van der Waals surface area contributed by atoms with E-state index in [1.165, 1.54) is 0 Å². The highest BCUT2D eigenvalue weighted by atomic mass is 127. The molecule has 0 aromatic heterocycles. The first-order chi connectivity index (χ1) is 13.4. The van der Waals surface area contributed by atoms with Gasteiger partial charge in [-0.15, -0.1) is 24.0 Å². The van der Waals surface area contributed by atoms with Crippen molar-refractivity contribution in [1.82, 2.24) is 5.32 Å². The van der Waals surface area contributed by atoms with Crippen LogP contribution in [0.25, 0.3) is 0 Å². The fourth-order valence-corrected chi connectivity index (χ4v) is 4.27. The molecule has 0 radical (unpaired) electrons. The van der Waals surface area contributed by atoms with Crippen molar-refractivity contribution in [1.29, 1.82) is 0 Å². The lowest BCUT2D eigenvalue weighted by Gasteiger charge is -2.18. The first-order valence-electron chi connectivity index (χ1n) is 8.94. The Balaban J connectivity index is 0.00000420. The maximum atomic E-state index is 12.5. The van der Waals surface area contributed by atoms with Crippen LogP contribution in [0.1, 0.15) is 18.9 Å². The molecule has 0 aliphatic carbocycles. The quantitative estimate of drug-likeness (QED) is 0.292. The van der Waals surface area contributed by atoms with Crippen LogP contribution in [0.2, 0.25) is 0 Å². The fraction of sp³-hybridized carbons (Fsp3) is 0.350. The van der Waals surface area contributed by atoms with Crippen LogP contribution in [0.15, 0.2) is 58.4 Å². The van der Waals surface area contributed by atoms with Crippen LogP contribution in [0.4, 0.5) is 0 Å². The van der Waals surface area contributed by atoms with Gasteiger partial charge in [-0.3, -0.25) is 0 Å². The number of hydrogen-bond acceptors (Lipinski definition) is 5. The molecule has 160 valence electrons. The number of halogens is 1. The number of rotatable bonds is 9. The van der Waals surface area contributed by atoms with Crippen molar-refractivity contribution in [3.8, 4) is 11.5 Å². The topological polar surface area (TPSA) is 103 Å². The Morgan fingerprint density at radius 2 is 1.76 bits per heavy atom. The van der Waals surface area contributed by atoms with Gasteiger partial charge < -0.3 is 20.5 Å². The molecule has 3 N–H and O–H groups in total. The first-order valence-corrected chi connectivity index (χ1v) is 10.6. The number of hydrogen-bond donors (Lipinski definition) is 2. The molecule has 7 nitrogen and oxygen atoms in total. The van der Waals surface area contributed by atoms with Crippen LogP contribution < -0.4 is 20.5 Å². The summed E-state index contributed by atoms with van der Waals surface area (Å²) in [6.07, 6.45) is 0.596. The van der Waals surface area contributed by atoms with Crippen LogP contribution in [0.3, 0.4) is 0 Å². The molecular weight excluding hydrogens is 505 g/mol. The van der Waals surface area contributed by atoms with E-state index in [0.717, 1.165) is 5.56 Å². The van der Waals surface area contributed by atoms with E-state index < -0.39 is 9.84 Å². The molecule has 0 aliphatic heterocycles. The number of sulfone groups is 1. The van der Waals surface area contributed by atoms with Crippen LogP contribution >= 0.6 is 24.0 Å². The summed E-state index contributed by atoms with van der Waals surface area (Å²) in [5.41, 5.74) is 6.87. The maximum absolute atomic E-state index is 12.5. The third-order valence-corrected chi connectivity index (χ3v) is 6.08. The minimum atomic E-state index is -3.40. The summed E-state index contributed by atoms with van der Waals surface area (Å²) in [6.45, 7) is 2.24. The zero-order chi connectivity index (χ0) is 20.6. The molecule has 2 aromatic rings. The number of benzene rings is 2. The lowest BCUT2D eigenvalue weighted by Crippen LogP contribution is -2.43. The second-order valence-corrected chi connectivity index (χ2v) is 8.27. The van der Waals surface area contributed by atoms with Gasteiger partial charge >= 0.3 is 0 Å². The fourth-order valence-electron chi connectivity index (χ4n) is 2.66. The molecule has 9 heteroatoms. The van der Waals surface area contributed by atoms with Crippen LogP contribution in [0, 0.1) is 0 Å². The molecule has 0 aliphatic rings. The van der Waals surface area contributed by atoms with E-state index in [1.807, 2.05) is 19.1 Å². The van der Waals surface area contributed by atoms with Crippen molar-refractivity contribution in [2.75, 3.05) is 20.0 Å². The van der Waals surface area contributed by atoms with Gasteiger partial charge in [-0.25, -0.2) is 13.4 Å². The summed E-state index contributed by atoms with van der Waals surface area (Å²) in [5.74, 6) is 1.39. The monoisotopic (exact) mass is 533 g/mol. The van der Waals surface area contributed by atoms with Gasteiger partial charge in [0.1, 0.15) is 0 Å². The zero-order valence-corrected chi connectivity index (χ0v) is 19.9. The van der Waals surface area contributed by atoms with Gasteiger partial charge in [0, 0.05) is 6.04 Å². The average molecular weight is 533 g/mol. The molecule has 0 saturated heterocycles. The van der Waals surface area contributed by atoms with Crippen molar-refractivity contribution >= 4 is 39.8 Å². The van der Waals surface area contributed by atoms with E-state index in [1.54, 1.807) is 50.6 Å². The van der Waals surface area contributed by atoms with Gasteiger partial charge in [0.25, 0.3) is 0 Å². The van der Waals surface area contributed by atoms with E-state index >= 15 is 0 Å². The Hall–Kier alpha value is -2.01. The lowest BCUT2D eigenvalue weighted by molar-refractivity contribution is 0.354. The highest BCUT2D eigenvalue weighted by Gasteiger charge is 2.20. The summed E-state index contributed by atoms with van der Waals surface area (Å²) in [6, 6.07) is 13.6. The SMILES string of the molecule is CCC(CS(=O)(=O)c1ccccc1)NC(N)=NCc1ccc(OC)c(OC)c1.I. The van der Waals surface area contributed by atoms with Gasteiger partial charge in [0.05, 0.1) is 31.4 Å². The summed E-state index contributed by atoms with van der Waals surface area (Å²) >= 11 is 0. The minimum absolute atomic E-state index is 0. The number of nitrogens with zero attached hydrogens (tertiary/aromatic N) is 1. The summed E-state index contributed by atoms with van der Waals surface area (Å²) in [4.78, 5) is 4.61. The second-order valence-electron chi connectivity index (χ2n) is 6.23. The van der Waals surface area contributed by atoms with Gasteiger partial charge in [0.2, 0.25) is 0 Å². The van der Waals surface area contributed by atoms with Crippen molar-refractivity contribution in [2.24, 2.45) is 10.7 Å². The highest BCUT2D eigenvalue weighted by Crippen LogP contribution is 2.27. The number of guanidine groups is 1. The molecule has 29 heavy (non-hydrogen) atoms. The summed E-state index contributed by atoms with van der Waals surface area (Å²) in [5, 5.41) is 3.01.